The lowest BCUT2D eigenvalue weighted by Gasteiger charge is -2.21. The molecule has 0 aliphatic heterocycles. The number of aryl methyl sites for hydroxylation is 4. The van der Waals surface area contributed by atoms with Crippen molar-refractivity contribution in [3.05, 3.63) is 63.7 Å². The Labute approximate surface area is 151 Å². The van der Waals surface area contributed by atoms with E-state index in [-0.39, 0.29) is 11.9 Å². The number of amides is 1. The molecule has 25 heavy (non-hydrogen) atoms. The van der Waals surface area contributed by atoms with E-state index in [1.54, 1.807) is 6.92 Å². The van der Waals surface area contributed by atoms with Crippen molar-refractivity contribution >= 4 is 5.91 Å². The van der Waals surface area contributed by atoms with E-state index in [1.807, 2.05) is 26.8 Å². The van der Waals surface area contributed by atoms with Crippen LogP contribution in [0.25, 0.3) is 0 Å². The van der Waals surface area contributed by atoms with E-state index < -0.39 is 6.10 Å². The molecule has 3 nitrogen and oxygen atoms in total. The molecule has 0 saturated carbocycles. The third-order valence-corrected chi connectivity index (χ3v) is 4.69. The summed E-state index contributed by atoms with van der Waals surface area (Å²) >= 11 is 0. The van der Waals surface area contributed by atoms with Crippen LogP contribution in [0.1, 0.15) is 53.3 Å². The van der Waals surface area contributed by atoms with E-state index in [1.165, 1.54) is 16.7 Å². The van der Waals surface area contributed by atoms with E-state index in [9.17, 15) is 4.79 Å². The first kappa shape index (κ1) is 19.0. The van der Waals surface area contributed by atoms with E-state index in [4.69, 9.17) is 4.74 Å². The van der Waals surface area contributed by atoms with Gasteiger partial charge >= 0.3 is 0 Å². The molecular formula is C22H29NO2. The van der Waals surface area contributed by atoms with E-state index in [0.717, 1.165) is 22.4 Å². The van der Waals surface area contributed by atoms with Crippen LogP contribution in [-0.4, -0.2) is 12.0 Å². The van der Waals surface area contributed by atoms with Crippen LogP contribution >= 0.6 is 0 Å². The smallest absolute Gasteiger partial charge is 0.261 e. The maximum atomic E-state index is 12.6. The van der Waals surface area contributed by atoms with Crippen molar-refractivity contribution in [2.24, 2.45) is 0 Å². The Morgan fingerprint density at radius 2 is 1.56 bits per heavy atom. The minimum atomic E-state index is -0.548. The average molecular weight is 339 g/mol. The van der Waals surface area contributed by atoms with Crippen molar-refractivity contribution in [1.29, 1.82) is 0 Å². The molecule has 1 N–H and O–H groups in total. The third kappa shape index (κ3) is 4.62. The fourth-order valence-corrected chi connectivity index (χ4v) is 3.09. The molecule has 0 saturated heterocycles. The lowest BCUT2D eigenvalue weighted by molar-refractivity contribution is -0.127. The Kier molecular flexibility index (Phi) is 5.89. The van der Waals surface area contributed by atoms with E-state index in [0.29, 0.717) is 0 Å². The van der Waals surface area contributed by atoms with Crippen LogP contribution in [-0.2, 0) is 4.79 Å². The minimum absolute atomic E-state index is 0.0560. The van der Waals surface area contributed by atoms with Crippen molar-refractivity contribution in [3.8, 4) is 5.75 Å². The Morgan fingerprint density at radius 3 is 2.20 bits per heavy atom. The van der Waals surface area contributed by atoms with E-state index >= 15 is 0 Å². The van der Waals surface area contributed by atoms with Crippen molar-refractivity contribution in [1.82, 2.24) is 5.32 Å². The Morgan fingerprint density at radius 1 is 0.920 bits per heavy atom. The molecule has 2 rings (SSSR count). The summed E-state index contributed by atoms with van der Waals surface area (Å²) in [6.45, 7) is 14.1. The second kappa shape index (κ2) is 7.73. The largest absolute Gasteiger partial charge is 0.481 e. The van der Waals surface area contributed by atoms with Gasteiger partial charge < -0.3 is 10.1 Å². The summed E-state index contributed by atoms with van der Waals surface area (Å²) in [6, 6.07) is 10.3. The standard InChI is InChI=1S/C22H29NO2/c1-13-8-9-20(16(4)10-13)18(6)23-22(24)19(7)25-21-12-14(2)11-15(3)17(21)5/h8-12,18-19H,1-7H3,(H,23,24). The summed E-state index contributed by atoms with van der Waals surface area (Å²) in [4.78, 5) is 12.6. The molecule has 0 spiro atoms. The first-order valence-corrected chi connectivity index (χ1v) is 8.81. The monoisotopic (exact) mass is 339 g/mol. The van der Waals surface area contributed by atoms with Crippen LogP contribution in [0, 0.1) is 34.6 Å². The van der Waals surface area contributed by atoms with Gasteiger partial charge in [0.1, 0.15) is 5.75 Å². The summed E-state index contributed by atoms with van der Waals surface area (Å²) in [6.07, 6.45) is -0.548. The number of carbonyl (C=O) groups is 1. The minimum Gasteiger partial charge on any atom is -0.481 e. The number of nitrogens with one attached hydrogen (secondary N) is 1. The highest BCUT2D eigenvalue weighted by Crippen LogP contribution is 2.25. The molecule has 0 bridgehead atoms. The van der Waals surface area contributed by atoms with Gasteiger partial charge in [-0.15, -0.1) is 0 Å². The van der Waals surface area contributed by atoms with Gasteiger partial charge in [0, 0.05) is 0 Å². The average Bonchev–Trinajstić information content (AvgIpc) is 2.51. The summed E-state index contributed by atoms with van der Waals surface area (Å²) in [5.41, 5.74) is 6.93. The summed E-state index contributed by atoms with van der Waals surface area (Å²) < 4.78 is 5.94. The molecule has 0 aliphatic carbocycles. The number of benzene rings is 2. The summed E-state index contributed by atoms with van der Waals surface area (Å²) in [5.74, 6) is 0.672. The molecular weight excluding hydrogens is 310 g/mol. The molecule has 3 heteroatoms. The normalized spacial score (nSPS) is 13.2. The number of ether oxygens (including phenoxy) is 1. The van der Waals surface area contributed by atoms with Gasteiger partial charge in [-0.1, -0.05) is 29.8 Å². The van der Waals surface area contributed by atoms with Gasteiger partial charge in [0.2, 0.25) is 0 Å². The molecule has 2 atom stereocenters. The Hall–Kier alpha value is -2.29. The highest BCUT2D eigenvalue weighted by Gasteiger charge is 2.19. The van der Waals surface area contributed by atoms with E-state index in [2.05, 4.69) is 50.4 Å². The van der Waals surface area contributed by atoms with Gasteiger partial charge in [0.05, 0.1) is 6.04 Å². The molecule has 0 heterocycles. The van der Waals surface area contributed by atoms with Crippen LogP contribution < -0.4 is 10.1 Å². The second-order valence-corrected chi connectivity index (χ2v) is 7.06. The molecule has 1 amide bonds. The van der Waals surface area contributed by atoms with Gasteiger partial charge in [-0.3, -0.25) is 4.79 Å². The lowest BCUT2D eigenvalue weighted by atomic mass is 10.00. The predicted octanol–water partition coefficient (Wildman–Crippen LogP) is 4.87. The van der Waals surface area contributed by atoms with Gasteiger partial charge in [-0.05, 0) is 82.3 Å². The van der Waals surface area contributed by atoms with Crippen LogP contribution in [0.5, 0.6) is 5.75 Å². The van der Waals surface area contributed by atoms with Crippen molar-refractivity contribution in [3.63, 3.8) is 0 Å². The maximum Gasteiger partial charge on any atom is 0.261 e. The topological polar surface area (TPSA) is 38.3 Å². The molecule has 0 fully saturated rings. The predicted molar refractivity (Wildman–Crippen MR) is 103 cm³/mol. The zero-order valence-electron chi connectivity index (χ0n) is 16.4. The zero-order valence-corrected chi connectivity index (χ0v) is 16.4. The third-order valence-electron chi connectivity index (χ3n) is 4.69. The molecule has 0 radical (unpaired) electrons. The highest BCUT2D eigenvalue weighted by molar-refractivity contribution is 5.81. The van der Waals surface area contributed by atoms with Crippen molar-refractivity contribution in [2.75, 3.05) is 0 Å². The number of rotatable bonds is 5. The van der Waals surface area contributed by atoms with Gasteiger partial charge in [0.15, 0.2) is 6.10 Å². The van der Waals surface area contributed by atoms with Crippen LogP contribution in [0.3, 0.4) is 0 Å². The quantitative estimate of drug-likeness (QED) is 0.843. The highest BCUT2D eigenvalue weighted by atomic mass is 16.5. The summed E-state index contributed by atoms with van der Waals surface area (Å²) in [5, 5.41) is 3.06. The second-order valence-electron chi connectivity index (χ2n) is 7.06. The maximum absolute atomic E-state index is 12.6. The van der Waals surface area contributed by atoms with Crippen LogP contribution in [0.4, 0.5) is 0 Å². The van der Waals surface area contributed by atoms with Crippen molar-refractivity contribution < 1.29 is 9.53 Å². The molecule has 134 valence electrons. The number of hydrogen-bond acceptors (Lipinski definition) is 2. The first-order valence-electron chi connectivity index (χ1n) is 8.81. The fraction of sp³-hybridized carbons (Fsp3) is 0.409. The molecule has 0 aliphatic rings. The molecule has 2 aromatic rings. The molecule has 2 aromatic carbocycles. The zero-order chi connectivity index (χ0) is 18.7. The SMILES string of the molecule is Cc1ccc(C(C)NC(=O)C(C)Oc2cc(C)cc(C)c2C)c(C)c1. The van der Waals surface area contributed by atoms with Crippen LogP contribution in [0.15, 0.2) is 30.3 Å². The lowest BCUT2D eigenvalue weighted by Crippen LogP contribution is -2.38. The van der Waals surface area contributed by atoms with Gasteiger partial charge in [-0.2, -0.15) is 0 Å². The Bertz CT molecular complexity index is 780. The number of carbonyl (C=O) groups excluding carboxylic acids is 1. The Balaban J connectivity index is 2.07. The fourth-order valence-electron chi connectivity index (χ4n) is 3.09. The van der Waals surface area contributed by atoms with Crippen LogP contribution in [0.2, 0.25) is 0 Å². The number of hydrogen-bond donors (Lipinski definition) is 1. The molecule has 0 aromatic heterocycles. The van der Waals surface area contributed by atoms with Crippen molar-refractivity contribution in [2.45, 2.75) is 60.6 Å². The molecule has 2 unspecified atom stereocenters. The van der Waals surface area contributed by atoms with Gasteiger partial charge in [-0.25, -0.2) is 0 Å². The summed E-state index contributed by atoms with van der Waals surface area (Å²) in [7, 11) is 0. The van der Waals surface area contributed by atoms with Gasteiger partial charge in [0.25, 0.3) is 5.91 Å². The first-order chi connectivity index (χ1) is 11.7.